The maximum Gasteiger partial charge on any atom is 0.337 e. The SMILES string of the molecule is COC(=O)c1ccc2nc(NC(=S)N3CCOCC3)sc2c1. The van der Waals surface area contributed by atoms with Gasteiger partial charge in [0.05, 0.1) is 36.1 Å². The third-order valence-corrected chi connectivity index (χ3v) is 4.62. The van der Waals surface area contributed by atoms with Gasteiger partial charge in [0.15, 0.2) is 10.2 Å². The molecule has 0 spiro atoms. The highest BCUT2D eigenvalue weighted by atomic mass is 32.1. The van der Waals surface area contributed by atoms with Crippen molar-refractivity contribution in [1.29, 1.82) is 0 Å². The third-order valence-electron chi connectivity index (χ3n) is 3.32. The van der Waals surface area contributed by atoms with Crippen LogP contribution in [0.3, 0.4) is 0 Å². The van der Waals surface area contributed by atoms with Gasteiger partial charge in [0, 0.05) is 13.1 Å². The molecule has 6 nitrogen and oxygen atoms in total. The Balaban J connectivity index is 1.76. The van der Waals surface area contributed by atoms with E-state index in [4.69, 9.17) is 21.7 Å². The number of anilines is 1. The average Bonchev–Trinajstić information content (AvgIpc) is 2.96. The number of hydrogen-bond acceptors (Lipinski definition) is 6. The van der Waals surface area contributed by atoms with Gasteiger partial charge in [-0.25, -0.2) is 9.78 Å². The molecule has 1 saturated heterocycles. The number of methoxy groups -OCH3 is 1. The molecular formula is C14H15N3O3S2. The van der Waals surface area contributed by atoms with Crippen molar-refractivity contribution in [2.45, 2.75) is 0 Å². The normalized spacial score (nSPS) is 14.9. The second-order valence-corrected chi connectivity index (χ2v) is 6.14. The van der Waals surface area contributed by atoms with E-state index in [1.165, 1.54) is 18.4 Å². The highest BCUT2D eigenvalue weighted by molar-refractivity contribution is 7.80. The van der Waals surface area contributed by atoms with Crippen LogP contribution in [0.15, 0.2) is 18.2 Å². The Hall–Kier alpha value is -1.77. The summed E-state index contributed by atoms with van der Waals surface area (Å²) >= 11 is 6.85. The number of morpholine rings is 1. The highest BCUT2D eigenvalue weighted by Crippen LogP contribution is 2.27. The average molecular weight is 337 g/mol. The summed E-state index contributed by atoms with van der Waals surface area (Å²) in [5.41, 5.74) is 1.34. The van der Waals surface area contributed by atoms with Gasteiger partial charge >= 0.3 is 5.97 Å². The summed E-state index contributed by atoms with van der Waals surface area (Å²) in [6.45, 7) is 2.93. The van der Waals surface area contributed by atoms with Gasteiger partial charge in [-0.1, -0.05) is 11.3 Å². The maximum atomic E-state index is 11.6. The minimum absolute atomic E-state index is 0.353. The van der Waals surface area contributed by atoms with Crippen molar-refractivity contribution >= 4 is 50.0 Å². The summed E-state index contributed by atoms with van der Waals surface area (Å²) in [4.78, 5) is 18.1. The number of thiocarbonyl (C=S) groups is 1. The van der Waals surface area contributed by atoms with Crippen molar-refractivity contribution in [3.63, 3.8) is 0 Å². The molecule has 1 N–H and O–H groups in total. The first kappa shape index (κ1) is 15.1. The molecule has 2 aromatic rings. The Bertz CT molecular complexity index is 710. The number of carbonyl (C=O) groups excluding carboxylic acids is 1. The molecule has 0 aliphatic carbocycles. The number of nitrogens with one attached hydrogen (secondary N) is 1. The van der Waals surface area contributed by atoms with Gasteiger partial charge in [0.1, 0.15) is 0 Å². The highest BCUT2D eigenvalue weighted by Gasteiger charge is 2.15. The van der Waals surface area contributed by atoms with Gasteiger partial charge in [0.25, 0.3) is 0 Å². The molecule has 3 rings (SSSR count). The number of benzene rings is 1. The molecule has 116 valence electrons. The number of fused-ring (bicyclic) bond motifs is 1. The van der Waals surface area contributed by atoms with E-state index in [0.29, 0.717) is 29.0 Å². The van der Waals surface area contributed by atoms with Gasteiger partial charge in [-0.2, -0.15) is 0 Å². The summed E-state index contributed by atoms with van der Waals surface area (Å²) < 4.78 is 10.9. The van der Waals surface area contributed by atoms with Crippen LogP contribution in [0, 0.1) is 0 Å². The van der Waals surface area contributed by atoms with E-state index in [9.17, 15) is 4.79 Å². The smallest absolute Gasteiger partial charge is 0.337 e. The second kappa shape index (κ2) is 6.55. The standard InChI is InChI=1S/C14H15N3O3S2/c1-19-12(18)9-2-3-10-11(8-9)22-13(15-10)16-14(21)17-4-6-20-7-5-17/h2-3,8H,4-7H2,1H3,(H,15,16,21). The maximum absolute atomic E-state index is 11.6. The summed E-state index contributed by atoms with van der Waals surface area (Å²) in [6, 6.07) is 5.29. The molecule has 0 atom stereocenters. The van der Waals surface area contributed by atoms with E-state index in [-0.39, 0.29) is 5.97 Å². The monoisotopic (exact) mass is 337 g/mol. The number of hydrogen-bond donors (Lipinski definition) is 1. The van der Waals surface area contributed by atoms with Crippen molar-refractivity contribution in [3.05, 3.63) is 23.8 Å². The van der Waals surface area contributed by atoms with E-state index in [1.54, 1.807) is 18.2 Å². The molecule has 1 aliphatic heterocycles. The topological polar surface area (TPSA) is 63.7 Å². The fourth-order valence-corrected chi connectivity index (χ4v) is 3.41. The molecule has 0 radical (unpaired) electrons. The van der Waals surface area contributed by atoms with Crippen LogP contribution >= 0.6 is 23.6 Å². The lowest BCUT2D eigenvalue weighted by molar-refractivity contribution is 0.0601. The number of thiazole rings is 1. The largest absolute Gasteiger partial charge is 0.465 e. The van der Waals surface area contributed by atoms with E-state index in [0.717, 1.165) is 23.3 Å². The first-order valence-electron chi connectivity index (χ1n) is 6.80. The molecule has 8 heteroatoms. The number of esters is 1. The number of aromatic nitrogens is 1. The van der Waals surface area contributed by atoms with E-state index in [1.807, 2.05) is 0 Å². The fourth-order valence-electron chi connectivity index (χ4n) is 2.16. The Labute approximate surface area is 137 Å². The molecule has 1 aliphatic rings. The van der Waals surface area contributed by atoms with Crippen LogP contribution in [0.4, 0.5) is 5.13 Å². The predicted molar refractivity (Wildman–Crippen MR) is 89.6 cm³/mol. The van der Waals surface area contributed by atoms with Crippen molar-refractivity contribution in [1.82, 2.24) is 9.88 Å². The van der Waals surface area contributed by atoms with Crippen LogP contribution in [0.5, 0.6) is 0 Å². The third kappa shape index (κ3) is 3.18. The first-order chi connectivity index (χ1) is 10.7. The molecule has 0 amide bonds. The van der Waals surface area contributed by atoms with Crippen molar-refractivity contribution in [3.8, 4) is 0 Å². The molecule has 1 aromatic carbocycles. The van der Waals surface area contributed by atoms with Crippen LogP contribution < -0.4 is 5.32 Å². The molecule has 0 saturated carbocycles. The molecule has 1 fully saturated rings. The van der Waals surface area contributed by atoms with Gasteiger partial charge < -0.3 is 19.7 Å². The van der Waals surface area contributed by atoms with Crippen LogP contribution in [0.2, 0.25) is 0 Å². The Morgan fingerprint density at radius 3 is 2.95 bits per heavy atom. The molecule has 0 bridgehead atoms. The quantitative estimate of drug-likeness (QED) is 0.665. The zero-order chi connectivity index (χ0) is 15.5. The van der Waals surface area contributed by atoms with Crippen molar-refractivity contribution in [2.24, 2.45) is 0 Å². The molecule has 1 aromatic heterocycles. The zero-order valence-corrected chi connectivity index (χ0v) is 13.6. The molecule has 2 heterocycles. The number of rotatable bonds is 2. The van der Waals surface area contributed by atoms with E-state index in [2.05, 4.69) is 15.2 Å². The molecule has 22 heavy (non-hydrogen) atoms. The number of nitrogens with zero attached hydrogens (tertiary/aromatic N) is 2. The van der Waals surface area contributed by atoms with Crippen LogP contribution in [0.25, 0.3) is 10.2 Å². The number of carbonyl (C=O) groups is 1. The van der Waals surface area contributed by atoms with Crippen molar-refractivity contribution in [2.75, 3.05) is 38.7 Å². The van der Waals surface area contributed by atoms with Crippen LogP contribution in [-0.4, -0.2) is 54.4 Å². The Kier molecular flexibility index (Phi) is 4.51. The lowest BCUT2D eigenvalue weighted by Gasteiger charge is -2.28. The minimum Gasteiger partial charge on any atom is -0.465 e. The summed E-state index contributed by atoms with van der Waals surface area (Å²) in [5, 5.41) is 4.52. The van der Waals surface area contributed by atoms with Crippen molar-refractivity contribution < 1.29 is 14.3 Å². The molecule has 0 unspecified atom stereocenters. The molecular weight excluding hydrogens is 322 g/mol. The fraction of sp³-hybridized carbons (Fsp3) is 0.357. The summed E-state index contributed by atoms with van der Waals surface area (Å²) in [7, 11) is 1.37. The zero-order valence-electron chi connectivity index (χ0n) is 12.0. The van der Waals surface area contributed by atoms with Gasteiger partial charge in [-0.05, 0) is 30.4 Å². The van der Waals surface area contributed by atoms with Crippen LogP contribution in [0.1, 0.15) is 10.4 Å². The van der Waals surface area contributed by atoms with Gasteiger partial charge in [0.2, 0.25) is 0 Å². The lowest BCUT2D eigenvalue weighted by Crippen LogP contribution is -2.42. The minimum atomic E-state index is -0.353. The van der Waals surface area contributed by atoms with Crippen LogP contribution in [-0.2, 0) is 9.47 Å². The first-order valence-corrected chi connectivity index (χ1v) is 8.02. The number of ether oxygens (including phenoxy) is 2. The van der Waals surface area contributed by atoms with Gasteiger partial charge in [-0.3, -0.25) is 0 Å². The van der Waals surface area contributed by atoms with Gasteiger partial charge in [-0.15, -0.1) is 0 Å². The Morgan fingerprint density at radius 2 is 2.23 bits per heavy atom. The van der Waals surface area contributed by atoms with E-state index < -0.39 is 0 Å². The summed E-state index contributed by atoms with van der Waals surface area (Å²) in [6.07, 6.45) is 0. The summed E-state index contributed by atoms with van der Waals surface area (Å²) in [5.74, 6) is -0.353. The predicted octanol–water partition coefficient (Wildman–Crippen LogP) is 2.11. The second-order valence-electron chi connectivity index (χ2n) is 4.72. The lowest BCUT2D eigenvalue weighted by atomic mass is 10.2. The Morgan fingerprint density at radius 1 is 1.45 bits per heavy atom. The van der Waals surface area contributed by atoms with E-state index >= 15 is 0 Å².